The third kappa shape index (κ3) is 4.98. The summed E-state index contributed by atoms with van der Waals surface area (Å²) in [4.78, 5) is 16.2. The van der Waals surface area contributed by atoms with Gasteiger partial charge < -0.3 is 15.4 Å². The Morgan fingerprint density at radius 1 is 1.22 bits per heavy atom. The first kappa shape index (κ1) is 16.8. The van der Waals surface area contributed by atoms with E-state index in [1.807, 2.05) is 36.4 Å². The van der Waals surface area contributed by atoms with Gasteiger partial charge in [0.15, 0.2) is 0 Å². The molecule has 5 heteroatoms. The molecule has 2 aromatic rings. The minimum absolute atomic E-state index is 0.0604. The summed E-state index contributed by atoms with van der Waals surface area (Å²) in [6, 6.07) is 11.3. The van der Waals surface area contributed by atoms with E-state index in [2.05, 4.69) is 29.5 Å². The molecule has 0 saturated heterocycles. The van der Waals surface area contributed by atoms with Crippen LogP contribution in [0.2, 0.25) is 0 Å². The van der Waals surface area contributed by atoms with E-state index < -0.39 is 0 Å². The highest BCUT2D eigenvalue weighted by atomic mass is 16.5. The van der Waals surface area contributed by atoms with Crippen LogP contribution in [0.15, 0.2) is 48.8 Å². The summed E-state index contributed by atoms with van der Waals surface area (Å²) in [6.07, 6.45) is 3.45. The Hall–Kier alpha value is -2.56. The summed E-state index contributed by atoms with van der Waals surface area (Å²) in [5.41, 5.74) is 2.02. The largest absolute Gasteiger partial charge is 0.497 e. The summed E-state index contributed by atoms with van der Waals surface area (Å²) in [5.74, 6) is 1.07. The summed E-state index contributed by atoms with van der Waals surface area (Å²) in [7, 11) is 1.64. The van der Waals surface area contributed by atoms with Crippen molar-refractivity contribution in [3.8, 4) is 5.75 Å². The van der Waals surface area contributed by atoms with Gasteiger partial charge in [-0.2, -0.15) is 0 Å². The van der Waals surface area contributed by atoms with E-state index >= 15 is 0 Å². The Labute approximate surface area is 137 Å². The number of pyridine rings is 1. The topological polar surface area (TPSA) is 63.2 Å². The van der Waals surface area contributed by atoms with Gasteiger partial charge in [0.25, 0.3) is 0 Å². The van der Waals surface area contributed by atoms with Crippen molar-refractivity contribution in [3.05, 3.63) is 59.9 Å². The van der Waals surface area contributed by atoms with E-state index in [0.717, 1.165) is 16.9 Å². The van der Waals surface area contributed by atoms with Gasteiger partial charge >= 0.3 is 6.03 Å². The molecular formula is C18H23N3O2. The van der Waals surface area contributed by atoms with Gasteiger partial charge in [-0.3, -0.25) is 4.98 Å². The predicted molar refractivity (Wildman–Crippen MR) is 90.2 cm³/mol. The van der Waals surface area contributed by atoms with E-state index in [4.69, 9.17) is 4.74 Å². The maximum Gasteiger partial charge on any atom is 0.315 e. The number of nitrogens with zero attached hydrogens (tertiary/aromatic N) is 1. The van der Waals surface area contributed by atoms with Crippen LogP contribution in [0.5, 0.6) is 5.75 Å². The van der Waals surface area contributed by atoms with Crippen LogP contribution in [-0.2, 0) is 6.54 Å². The molecule has 1 aromatic heterocycles. The van der Waals surface area contributed by atoms with Crippen LogP contribution in [0.3, 0.4) is 0 Å². The SMILES string of the molecule is COc1ccc(C(NC(=O)NCc2cccnc2)C(C)C)cc1. The molecule has 23 heavy (non-hydrogen) atoms. The monoisotopic (exact) mass is 313 g/mol. The molecule has 0 bridgehead atoms. The molecule has 0 aliphatic heterocycles. The zero-order valence-corrected chi connectivity index (χ0v) is 13.7. The number of urea groups is 1. The lowest BCUT2D eigenvalue weighted by Gasteiger charge is -2.23. The molecule has 2 N–H and O–H groups in total. The number of amides is 2. The number of rotatable bonds is 6. The van der Waals surface area contributed by atoms with Crippen LogP contribution in [0, 0.1) is 5.92 Å². The van der Waals surface area contributed by atoms with Crippen LogP contribution in [0.25, 0.3) is 0 Å². The first-order chi connectivity index (χ1) is 11.1. The minimum Gasteiger partial charge on any atom is -0.497 e. The number of nitrogens with one attached hydrogen (secondary N) is 2. The molecule has 0 fully saturated rings. The second-order valence-corrected chi connectivity index (χ2v) is 5.68. The quantitative estimate of drug-likeness (QED) is 0.860. The van der Waals surface area contributed by atoms with Crippen LogP contribution >= 0.6 is 0 Å². The summed E-state index contributed by atoms with van der Waals surface area (Å²) >= 11 is 0. The van der Waals surface area contributed by atoms with Gasteiger partial charge in [0, 0.05) is 18.9 Å². The fourth-order valence-corrected chi connectivity index (χ4v) is 2.32. The second-order valence-electron chi connectivity index (χ2n) is 5.68. The molecule has 0 aliphatic rings. The van der Waals surface area contributed by atoms with E-state index in [1.165, 1.54) is 0 Å². The number of methoxy groups -OCH3 is 1. The Balaban J connectivity index is 1.96. The second kappa shape index (κ2) is 8.17. The summed E-state index contributed by atoms with van der Waals surface area (Å²) in [6.45, 7) is 4.61. The van der Waals surface area contributed by atoms with Crippen molar-refractivity contribution in [2.45, 2.75) is 26.4 Å². The standard InChI is InChI=1S/C18H23N3O2/c1-13(2)17(15-6-8-16(23-3)9-7-15)21-18(22)20-12-14-5-4-10-19-11-14/h4-11,13,17H,12H2,1-3H3,(H2,20,21,22). The first-order valence-electron chi connectivity index (χ1n) is 7.67. The number of hydrogen-bond donors (Lipinski definition) is 2. The normalized spacial score (nSPS) is 11.8. The van der Waals surface area contributed by atoms with E-state index in [1.54, 1.807) is 19.5 Å². The Kier molecular flexibility index (Phi) is 5.97. The highest BCUT2D eigenvalue weighted by Gasteiger charge is 2.18. The third-order valence-corrected chi connectivity index (χ3v) is 3.60. The van der Waals surface area contributed by atoms with Crippen LogP contribution in [0.4, 0.5) is 4.79 Å². The Bertz CT molecular complexity index is 612. The lowest BCUT2D eigenvalue weighted by molar-refractivity contribution is 0.232. The molecule has 0 saturated carbocycles. The Morgan fingerprint density at radius 2 is 1.96 bits per heavy atom. The summed E-state index contributed by atoms with van der Waals surface area (Å²) < 4.78 is 5.17. The van der Waals surface area contributed by atoms with Crippen molar-refractivity contribution in [1.82, 2.24) is 15.6 Å². The zero-order valence-electron chi connectivity index (χ0n) is 13.7. The Morgan fingerprint density at radius 3 is 2.52 bits per heavy atom. The van der Waals surface area contributed by atoms with Crippen molar-refractivity contribution >= 4 is 6.03 Å². The lowest BCUT2D eigenvalue weighted by Crippen LogP contribution is -2.39. The fourth-order valence-electron chi connectivity index (χ4n) is 2.32. The van der Waals surface area contributed by atoms with Crippen LogP contribution in [0.1, 0.15) is 31.0 Å². The lowest BCUT2D eigenvalue weighted by atomic mass is 9.96. The molecule has 1 heterocycles. The van der Waals surface area contributed by atoms with Gasteiger partial charge in [0.2, 0.25) is 0 Å². The number of ether oxygens (including phenoxy) is 1. The van der Waals surface area contributed by atoms with Crippen LogP contribution < -0.4 is 15.4 Å². The van der Waals surface area contributed by atoms with Crippen molar-refractivity contribution in [2.75, 3.05) is 7.11 Å². The van der Waals surface area contributed by atoms with Crippen molar-refractivity contribution < 1.29 is 9.53 Å². The van der Waals surface area contributed by atoms with Crippen molar-refractivity contribution in [2.24, 2.45) is 5.92 Å². The van der Waals surface area contributed by atoms with Gasteiger partial charge in [-0.15, -0.1) is 0 Å². The number of aromatic nitrogens is 1. The van der Waals surface area contributed by atoms with E-state index in [0.29, 0.717) is 6.54 Å². The smallest absolute Gasteiger partial charge is 0.315 e. The third-order valence-electron chi connectivity index (χ3n) is 3.60. The molecule has 2 rings (SSSR count). The highest BCUT2D eigenvalue weighted by molar-refractivity contribution is 5.74. The molecule has 0 aliphatic carbocycles. The fraction of sp³-hybridized carbons (Fsp3) is 0.333. The maximum atomic E-state index is 12.2. The van der Waals surface area contributed by atoms with Crippen LogP contribution in [-0.4, -0.2) is 18.1 Å². The minimum atomic E-state index is -0.191. The van der Waals surface area contributed by atoms with E-state index in [-0.39, 0.29) is 18.0 Å². The molecular weight excluding hydrogens is 290 g/mol. The molecule has 0 spiro atoms. The van der Waals surface area contributed by atoms with E-state index in [9.17, 15) is 4.79 Å². The number of hydrogen-bond acceptors (Lipinski definition) is 3. The zero-order chi connectivity index (χ0) is 16.7. The van der Waals surface area contributed by atoms with Crippen molar-refractivity contribution in [3.63, 3.8) is 0 Å². The van der Waals surface area contributed by atoms with Gasteiger partial charge in [0.1, 0.15) is 5.75 Å². The van der Waals surface area contributed by atoms with Gasteiger partial charge in [-0.05, 0) is 35.2 Å². The van der Waals surface area contributed by atoms with Crippen molar-refractivity contribution in [1.29, 1.82) is 0 Å². The number of carbonyl (C=O) groups is 1. The van der Waals surface area contributed by atoms with Gasteiger partial charge in [-0.25, -0.2) is 4.79 Å². The molecule has 1 aromatic carbocycles. The molecule has 0 radical (unpaired) electrons. The average molecular weight is 313 g/mol. The number of carbonyl (C=O) groups excluding carboxylic acids is 1. The first-order valence-corrected chi connectivity index (χ1v) is 7.67. The van der Waals surface area contributed by atoms with Gasteiger partial charge in [-0.1, -0.05) is 32.0 Å². The maximum absolute atomic E-state index is 12.2. The average Bonchev–Trinajstić information content (AvgIpc) is 2.58. The molecule has 1 atom stereocenters. The van der Waals surface area contributed by atoms with Gasteiger partial charge in [0.05, 0.1) is 13.2 Å². The molecule has 2 amide bonds. The molecule has 1 unspecified atom stereocenters. The highest BCUT2D eigenvalue weighted by Crippen LogP contribution is 2.23. The molecule has 5 nitrogen and oxygen atoms in total. The predicted octanol–water partition coefficient (Wildman–Crippen LogP) is 3.29. The summed E-state index contributed by atoms with van der Waals surface area (Å²) in [5, 5.41) is 5.89. The molecule has 122 valence electrons. The number of benzene rings is 1.